The predicted octanol–water partition coefficient (Wildman–Crippen LogP) is 3.98. The van der Waals surface area contributed by atoms with E-state index in [1.54, 1.807) is 0 Å². The van der Waals surface area contributed by atoms with Crippen molar-refractivity contribution in [3.63, 3.8) is 0 Å². The van der Waals surface area contributed by atoms with Crippen LogP contribution in [-0.2, 0) is 0 Å². The quantitative estimate of drug-likeness (QED) is 0.435. The van der Waals surface area contributed by atoms with Crippen molar-refractivity contribution in [1.82, 2.24) is 0 Å². The Hall–Kier alpha value is 0.290. The van der Waals surface area contributed by atoms with Crippen molar-refractivity contribution in [1.29, 1.82) is 0 Å². The third-order valence-electron chi connectivity index (χ3n) is 1.74. The molecule has 0 aromatic heterocycles. The molecule has 0 saturated heterocycles. The van der Waals surface area contributed by atoms with Gasteiger partial charge in [0.05, 0.1) is 0 Å². The maximum absolute atomic E-state index is 5.38. The van der Waals surface area contributed by atoms with Crippen LogP contribution in [0.5, 0.6) is 0 Å². The molecule has 0 amide bonds. The zero-order chi connectivity index (χ0) is 7.66. The van der Waals surface area contributed by atoms with Crippen LogP contribution in [0.3, 0.4) is 0 Å². The first-order chi connectivity index (χ1) is 4.91. The van der Waals surface area contributed by atoms with E-state index in [9.17, 15) is 0 Å². The molecule has 0 aromatic rings. The fraction of sp³-hybridized carbons (Fsp3) is 1.00. The number of rotatable bonds is 3. The highest BCUT2D eigenvalue weighted by molar-refractivity contribution is 6.17. The van der Waals surface area contributed by atoms with Gasteiger partial charge in [0, 0.05) is 5.88 Å². The normalized spacial score (nSPS) is 15.0. The van der Waals surface area contributed by atoms with Gasteiger partial charge in [-0.3, -0.25) is 0 Å². The van der Waals surface area contributed by atoms with Crippen LogP contribution in [-0.4, -0.2) is 5.88 Å². The Morgan fingerprint density at radius 2 is 1.50 bits per heavy atom. The van der Waals surface area contributed by atoms with E-state index in [0.29, 0.717) is 0 Å². The van der Waals surface area contributed by atoms with Gasteiger partial charge in [-0.1, -0.05) is 45.4 Å². The molecule has 0 spiro atoms. The van der Waals surface area contributed by atoms with E-state index >= 15 is 0 Å². The van der Waals surface area contributed by atoms with Crippen molar-refractivity contribution in [3.8, 4) is 0 Å². The summed E-state index contributed by atoms with van der Waals surface area (Å²) < 4.78 is 0. The first-order valence-corrected chi connectivity index (χ1v) is 5.01. The number of alkyl halides is 1. The first kappa shape index (κ1) is 10.3. The molecule has 0 N–H and O–H groups in total. The molecule has 1 fully saturated rings. The molecule has 0 bridgehead atoms. The Morgan fingerprint density at radius 1 is 1.00 bits per heavy atom. The summed E-state index contributed by atoms with van der Waals surface area (Å²) in [6, 6.07) is 0. The molecular weight excluding hydrogens is 144 g/mol. The Morgan fingerprint density at radius 3 is 1.60 bits per heavy atom. The van der Waals surface area contributed by atoms with Crippen LogP contribution in [0, 0.1) is 0 Å². The fourth-order valence-electron chi connectivity index (χ4n) is 0.594. The molecule has 1 rings (SSSR count). The lowest BCUT2D eigenvalue weighted by molar-refractivity contribution is 0.504. The van der Waals surface area contributed by atoms with Crippen LogP contribution in [0.2, 0.25) is 0 Å². The van der Waals surface area contributed by atoms with Crippen LogP contribution in [0.1, 0.15) is 51.9 Å². The minimum atomic E-state index is 0.827. The molecule has 0 atom stereocenters. The van der Waals surface area contributed by atoms with Crippen LogP contribution in [0.4, 0.5) is 0 Å². The molecule has 1 aliphatic carbocycles. The van der Waals surface area contributed by atoms with Crippen molar-refractivity contribution in [3.05, 3.63) is 0 Å². The van der Waals surface area contributed by atoms with Gasteiger partial charge in [-0.15, -0.1) is 11.6 Å². The molecule has 0 unspecified atom stereocenters. The lowest BCUT2D eigenvalue weighted by Crippen LogP contribution is -1.85. The second-order valence-electron chi connectivity index (χ2n) is 2.81. The van der Waals surface area contributed by atoms with E-state index < -0.39 is 0 Å². The lowest BCUT2D eigenvalue weighted by Gasteiger charge is -2.05. The molecule has 0 radical (unpaired) electrons. The molecule has 0 aromatic carbocycles. The van der Waals surface area contributed by atoms with E-state index in [-0.39, 0.29) is 0 Å². The molecule has 1 aliphatic rings. The maximum atomic E-state index is 5.38. The second kappa shape index (κ2) is 9.29. The highest BCUT2D eigenvalue weighted by Crippen LogP contribution is 2.15. The minimum absolute atomic E-state index is 0.827. The van der Waals surface area contributed by atoms with Crippen molar-refractivity contribution >= 4 is 11.6 Å². The van der Waals surface area contributed by atoms with Gasteiger partial charge in [-0.05, 0) is 6.42 Å². The van der Waals surface area contributed by atoms with Crippen molar-refractivity contribution in [2.45, 2.75) is 51.9 Å². The SMILES string of the molecule is C1CCC1.CCCCCCl. The highest BCUT2D eigenvalue weighted by Gasteiger charge is 1.95. The number of hydrogen-bond donors (Lipinski definition) is 0. The average molecular weight is 163 g/mol. The van der Waals surface area contributed by atoms with Gasteiger partial charge in [0.1, 0.15) is 0 Å². The summed E-state index contributed by atoms with van der Waals surface area (Å²) in [6.45, 7) is 2.17. The van der Waals surface area contributed by atoms with E-state index in [1.165, 1.54) is 44.9 Å². The molecule has 0 nitrogen and oxygen atoms in total. The zero-order valence-corrected chi connectivity index (χ0v) is 7.79. The van der Waals surface area contributed by atoms with Crippen molar-refractivity contribution < 1.29 is 0 Å². The third-order valence-corrected chi connectivity index (χ3v) is 2.00. The third kappa shape index (κ3) is 8.29. The van der Waals surface area contributed by atoms with Gasteiger partial charge in [0.25, 0.3) is 0 Å². The monoisotopic (exact) mass is 162 g/mol. The fourth-order valence-corrected chi connectivity index (χ4v) is 0.783. The summed E-state index contributed by atoms with van der Waals surface area (Å²) in [6.07, 6.45) is 9.73. The first-order valence-electron chi connectivity index (χ1n) is 4.47. The van der Waals surface area contributed by atoms with Crippen LogP contribution in [0.25, 0.3) is 0 Å². The van der Waals surface area contributed by atoms with Gasteiger partial charge >= 0.3 is 0 Å². The topological polar surface area (TPSA) is 0 Å². The lowest BCUT2D eigenvalue weighted by atomic mass is 10.0. The smallest absolute Gasteiger partial charge is 0.0223 e. The Kier molecular flexibility index (Phi) is 9.56. The Balaban J connectivity index is 0.000000172. The van der Waals surface area contributed by atoms with Crippen LogP contribution in [0.15, 0.2) is 0 Å². The molecular formula is C9H19Cl. The van der Waals surface area contributed by atoms with Gasteiger partial charge in [-0.2, -0.15) is 0 Å². The van der Waals surface area contributed by atoms with E-state index in [4.69, 9.17) is 11.6 Å². The second-order valence-corrected chi connectivity index (χ2v) is 3.19. The number of hydrogen-bond acceptors (Lipinski definition) is 0. The van der Waals surface area contributed by atoms with Crippen LogP contribution < -0.4 is 0 Å². The Labute approximate surface area is 70.0 Å². The summed E-state index contributed by atoms with van der Waals surface area (Å²) in [5.41, 5.74) is 0. The van der Waals surface area contributed by atoms with Gasteiger partial charge in [0.2, 0.25) is 0 Å². The summed E-state index contributed by atoms with van der Waals surface area (Å²) in [5.74, 6) is 0.827. The summed E-state index contributed by atoms with van der Waals surface area (Å²) >= 11 is 5.38. The average Bonchev–Trinajstić information content (AvgIpc) is 1.79. The minimum Gasteiger partial charge on any atom is -0.127 e. The van der Waals surface area contributed by atoms with Gasteiger partial charge in [-0.25, -0.2) is 0 Å². The zero-order valence-electron chi connectivity index (χ0n) is 7.03. The largest absolute Gasteiger partial charge is 0.127 e. The highest BCUT2D eigenvalue weighted by atomic mass is 35.5. The number of halogens is 1. The van der Waals surface area contributed by atoms with E-state index in [0.717, 1.165) is 5.88 Å². The van der Waals surface area contributed by atoms with Crippen molar-refractivity contribution in [2.24, 2.45) is 0 Å². The van der Waals surface area contributed by atoms with E-state index in [2.05, 4.69) is 6.92 Å². The van der Waals surface area contributed by atoms with Gasteiger partial charge < -0.3 is 0 Å². The molecule has 0 aliphatic heterocycles. The predicted molar refractivity (Wildman–Crippen MR) is 48.7 cm³/mol. The van der Waals surface area contributed by atoms with Crippen molar-refractivity contribution in [2.75, 3.05) is 5.88 Å². The number of unbranched alkanes of at least 4 members (excludes halogenated alkanes) is 2. The van der Waals surface area contributed by atoms with Crippen LogP contribution >= 0.6 is 11.6 Å². The van der Waals surface area contributed by atoms with Gasteiger partial charge in [0.15, 0.2) is 0 Å². The molecule has 1 heteroatoms. The summed E-state index contributed by atoms with van der Waals surface area (Å²) in [5, 5.41) is 0. The molecule has 10 heavy (non-hydrogen) atoms. The summed E-state index contributed by atoms with van der Waals surface area (Å²) in [7, 11) is 0. The maximum Gasteiger partial charge on any atom is 0.0223 e. The molecule has 1 saturated carbocycles. The standard InChI is InChI=1S/C5H11Cl.C4H8/c1-2-3-4-5-6;1-2-4-3-1/h2-5H2,1H3;1-4H2. The molecule has 0 heterocycles. The van der Waals surface area contributed by atoms with E-state index in [1.807, 2.05) is 0 Å². The summed E-state index contributed by atoms with van der Waals surface area (Å²) in [4.78, 5) is 0. The Bertz CT molecular complexity index is 40.7. The molecule has 62 valence electrons.